The summed E-state index contributed by atoms with van der Waals surface area (Å²) in [5.74, 6) is -0.910. The minimum atomic E-state index is -0.886. The van der Waals surface area contributed by atoms with E-state index < -0.39 is 11.9 Å². The first-order chi connectivity index (χ1) is 12.0. The molecular weight excluding hydrogens is 318 g/mol. The van der Waals surface area contributed by atoms with Gasteiger partial charge in [-0.05, 0) is 36.2 Å². The van der Waals surface area contributed by atoms with Crippen LogP contribution in [-0.2, 0) is 11.3 Å². The van der Waals surface area contributed by atoms with E-state index in [1.54, 1.807) is 36.3 Å². The maximum absolute atomic E-state index is 12.9. The number of carboxylic acids is 1. The number of nitrogens with zero attached hydrogens (tertiary/aromatic N) is 1. The molecule has 25 heavy (non-hydrogen) atoms. The summed E-state index contributed by atoms with van der Waals surface area (Å²) < 4.78 is 5.15. The van der Waals surface area contributed by atoms with Crippen molar-refractivity contribution in [1.29, 1.82) is 0 Å². The fourth-order valence-electron chi connectivity index (χ4n) is 2.58. The SMILES string of the molecule is CCC(CN(Cc1ccc(OC)cc1)C(=O)c1ccccc1)C(=O)O. The molecule has 1 unspecified atom stereocenters. The third kappa shape index (κ3) is 5.08. The zero-order valence-electron chi connectivity index (χ0n) is 14.5. The zero-order valence-corrected chi connectivity index (χ0v) is 14.5. The molecular formula is C20H23NO4. The Kier molecular flexibility index (Phi) is 6.57. The Morgan fingerprint density at radius 1 is 1.08 bits per heavy atom. The van der Waals surface area contributed by atoms with Crippen molar-refractivity contribution in [2.24, 2.45) is 5.92 Å². The molecule has 0 bridgehead atoms. The van der Waals surface area contributed by atoms with E-state index in [4.69, 9.17) is 4.74 Å². The monoisotopic (exact) mass is 341 g/mol. The van der Waals surface area contributed by atoms with Crippen molar-refractivity contribution in [3.63, 3.8) is 0 Å². The average molecular weight is 341 g/mol. The third-order valence-corrected chi connectivity index (χ3v) is 4.12. The van der Waals surface area contributed by atoms with E-state index >= 15 is 0 Å². The largest absolute Gasteiger partial charge is 0.497 e. The zero-order chi connectivity index (χ0) is 18.2. The highest BCUT2D eigenvalue weighted by molar-refractivity contribution is 5.94. The Bertz CT molecular complexity index is 697. The van der Waals surface area contributed by atoms with E-state index in [1.165, 1.54) is 0 Å². The number of aliphatic carboxylic acids is 1. The van der Waals surface area contributed by atoms with Crippen LogP contribution in [0.1, 0.15) is 29.3 Å². The summed E-state index contributed by atoms with van der Waals surface area (Å²) in [7, 11) is 1.60. The van der Waals surface area contributed by atoms with Crippen LogP contribution in [0.2, 0.25) is 0 Å². The molecule has 0 aliphatic rings. The van der Waals surface area contributed by atoms with E-state index in [9.17, 15) is 14.7 Å². The highest BCUT2D eigenvalue weighted by Crippen LogP contribution is 2.17. The molecule has 132 valence electrons. The molecule has 0 heterocycles. The summed E-state index contributed by atoms with van der Waals surface area (Å²) in [4.78, 5) is 25.9. The number of hydrogen-bond donors (Lipinski definition) is 1. The average Bonchev–Trinajstić information content (AvgIpc) is 2.65. The first-order valence-electron chi connectivity index (χ1n) is 8.25. The number of benzene rings is 2. The number of carbonyl (C=O) groups excluding carboxylic acids is 1. The third-order valence-electron chi connectivity index (χ3n) is 4.12. The summed E-state index contributed by atoms with van der Waals surface area (Å²) in [6.45, 7) is 2.34. The van der Waals surface area contributed by atoms with Crippen LogP contribution in [0, 0.1) is 5.92 Å². The van der Waals surface area contributed by atoms with Crippen LogP contribution in [0.4, 0.5) is 0 Å². The Morgan fingerprint density at radius 3 is 2.24 bits per heavy atom. The van der Waals surface area contributed by atoms with E-state index in [2.05, 4.69) is 0 Å². The van der Waals surface area contributed by atoms with Crippen LogP contribution in [0.5, 0.6) is 5.75 Å². The summed E-state index contributed by atoms with van der Waals surface area (Å²) >= 11 is 0. The molecule has 0 aliphatic carbocycles. The van der Waals surface area contributed by atoms with Gasteiger partial charge in [-0.25, -0.2) is 0 Å². The lowest BCUT2D eigenvalue weighted by Gasteiger charge is -2.26. The topological polar surface area (TPSA) is 66.8 Å². The molecule has 2 rings (SSSR count). The summed E-state index contributed by atoms with van der Waals surface area (Å²) in [6, 6.07) is 16.3. The second kappa shape index (κ2) is 8.87. The molecule has 2 aromatic rings. The Hall–Kier alpha value is -2.82. The Balaban J connectivity index is 2.24. The second-order valence-corrected chi connectivity index (χ2v) is 5.84. The van der Waals surface area contributed by atoms with Gasteiger partial charge in [0.25, 0.3) is 5.91 Å². The van der Waals surface area contributed by atoms with Gasteiger partial charge in [-0.1, -0.05) is 37.3 Å². The van der Waals surface area contributed by atoms with Crippen molar-refractivity contribution in [3.8, 4) is 5.75 Å². The van der Waals surface area contributed by atoms with Gasteiger partial charge in [0.05, 0.1) is 13.0 Å². The van der Waals surface area contributed by atoms with E-state index in [-0.39, 0.29) is 12.5 Å². The van der Waals surface area contributed by atoms with Gasteiger partial charge in [-0.15, -0.1) is 0 Å². The first kappa shape index (κ1) is 18.5. The van der Waals surface area contributed by atoms with Crippen molar-refractivity contribution in [2.45, 2.75) is 19.9 Å². The van der Waals surface area contributed by atoms with Gasteiger partial charge in [0.2, 0.25) is 0 Å². The standard InChI is InChI=1S/C20H23NO4/c1-3-16(20(23)24)14-21(19(22)17-7-5-4-6-8-17)13-15-9-11-18(25-2)12-10-15/h4-12,16H,3,13-14H2,1-2H3,(H,23,24). The lowest BCUT2D eigenvalue weighted by Crippen LogP contribution is -2.37. The number of rotatable bonds is 8. The van der Waals surface area contributed by atoms with Crippen molar-refractivity contribution in [2.75, 3.05) is 13.7 Å². The fraction of sp³-hybridized carbons (Fsp3) is 0.300. The molecule has 0 spiro atoms. The van der Waals surface area contributed by atoms with Crippen LogP contribution >= 0.6 is 0 Å². The molecule has 1 atom stereocenters. The molecule has 0 aliphatic heterocycles. The lowest BCUT2D eigenvalue weighted by atomic mass is 10.0. The van der Waals surface area contributed by atoms with Gasteiger partial charge >= 0.3 is 5.97 Å². The highest BCUT2D eigenvalue weighted by Gasteiger charge is 2.23. The molecule has 0 aromatic heterocycles. The van der Waals surface area contributed by atoms with Crippen molar-refractivity contribution in [1.82, 2.24) is 4.90 Å². The van der Waals surface area contributed by atoms with Crippen LogP contribution in [0.25, 0.3) is 0 Å². The highest BCUT2D eigenvalue weighted by atomic mass is 16.5. The molecule has 0 saturated heterocycles. The van der Waals surface area contributed by atoms with Gasteiger partial charge in [-0.3, -0.25) is 9.59 Å². The number of ether oxygens (including phenoxy) is 1. The minimum absolute atomic E-state index is 0.170. The number of amides is 1. The molecule has 5 nitrogen and oxygen atoms in total. The van der Waals surface area contributed by atoms with Crippen LogP contribution in [0.15, 0.2) is 54.6 Å². The summed E-state index contributed by atoms with van der Waals surface area (Å²) in [5.41, 5.74) is 1.47. The molecule has 0 fully saturated rings. The number of carboxylic acid groups (broad SMARTS) is 1. The minimum Gasteiger partial charge on any atom is -0.497 e. The normalized spacial score (nSPS) is 11.6. The van der Waals surface area contributed by atoms with Gasteiger partial charge in [0.1, 0.15) is 5.75 Å². The lowest BCUT2D eigenvalue weighted by molar-refractivity contribution is -0.142. The van der Waals surface area contributed by atoms with Crippen LogP contribution in [0.3, 0.4) is 0 Å². The van der Waals surface area contributed by atoms with E-state index in [0.717, 1.165) is 11.3 Å². The fourth-order valence-corrected chi connectivity index (χ4v) is 2.58. The number of methoxy groups -OCH3 is 1. The van der Waals surface area contributed by atoms with Crippen molar-refractivity contribution < 1.29 is 19.4 Å². The first-order valence-corrected chi connectivity index (χ1v) is 8.25. The predicted octanol–water partition coefficient (Wildman–Crippen LogP) is 3.45. The summed E-state index contributed by atoms with van der Waals surface area (Å²) in [5, 5.41) is 9.35. The maximum Gasteiger partial charge on any atom is 0.308 e. The number of hydrogen-bond acceptors (Lipinski definition) is 3. The summed E-state index contributed by atoms with van der Waals surface area (Å²) in [6.07, 6.45) is 0.469. The number of carbonyl (C=O) groups is 2. The molecule has 5 heteroatoms. The van der Waals surface area contributed by atoms with Gasteiger partial charge < -0.3 is 14.7 Å². The van der Waals surface area contributed by atoms with Crippen LogP contribution < -0.4 is 4.74 Å². The second-order valence-electron chi connectivity index (χ2n) is 5.84. The maximum atomic E-state index is 12.9. The van der Waals surface area contributed by atoms with Crippen LogP contribution in [-0.4, -0.2) is 35.5 Å². The van der Waals surface area contributed by atoms with Gasteiger partial charge in [-0.2, -0.15) is 0 Å². The molecule has 1 N–H and O–H groups in total. The van der Waals surface area contributed by atoms with Gasteiger partial charge in [0, 0.05) is 18.7 Å². The molecule has 2 aromatic carbocycles. The Labute approximate surface area is 147 Å². The molecule has 1 amide bonds. The van der Waals surface area contributed by atoms with Crippen molar-refractivity contribution in [3.05, 3.63) is 65.7 Å². The van der Waals surface area contributed by atoms with Gasteiger partial charge in [0.15, 0.2) is 0 Å². The molecule has 0 saturated carbocycles. The quantitative estimate of drug-likeness (QED) is 0.798. The van der Waals surface area contributed by atoms with Crippen molar-refractivity contribution >= 4 is 11.9 Å². The predicted molar refractivity (Wildman–Crippen MR) is 95.6 cm³/mol. The molecule has 0 radical (unpaired) electrons. The smallest absolute Gasteiger partial charge is 0.308 e. The Morgan fingerprint density at radius 2 is 1.72 bits per heavy atom. The van der Waals surface area contributed by atoms with E-state index in [1.807, 2.05) is 37.3 Å². The van der Waals surface area contributed by atoms with E-state index in [0.29, 0.717) is 18.5 Å².